The van der Waals surface area contributed by atoms with Crippen LogP contribution in [0.3, 0.4) is 0 Å². The van der Waals surface area contributed by atoms with Crippen molar-refractivity contribution in [2.75, 3.05) is 13.1 Å². The number of carbonyl (C=O) groups is 1. The van der Waals surface area contributed by atoms with E-state index < -0.39 is 0 Å². The molecule has 108 valence electrons. The summed E-state index contributed by atoms with van der Waals surface area (Å²) in [6, 6.07) is 8.83. The first-order valence-electron chi connectivity index (χ1n) is 6.66. The van der Waals surface area contributed by atoms with Crippen molar-refractivity contribution in [2.24, 2.45) is 0 Å². The molecular formula is C15H19ClN2OS. The lowest BCUT2D eigenvalue weighted by Crippen LogP contribution is -2.55. The molecule has 2 unspecified atom stereocenters. The van der Waals surface area contributed by atoms with Gasteiger partial charge in [-0.15, -0.1) is 23.7 Å². The van der Waals surface area contributed by atoms with Crippen molar-refractivity contribution in [3.05, 3.63) is 35.2 Å². The first-order valence-corrected chi connectivity index (χ1v) is 7.54. The topological polar surface area (TPSA) is 32.3 Å². The first kappa shape index (κ1) is 15.3. The van der Waals surface area contributed by atoms with Crippen LogP contribution in [-0.4, -0.2) is 36.0 Å². The summed E-state index contributed by atoms with van der Waals surface area (Å²) in [6.07, 6.45) is 0. The van der Waals surface area contributed by atoms with Gasteiger partial charge in [-0.25, -0.2) is 0 Å². The van der Waals surface area contributed by atoms with E-state index in [0.717, 1.165) is 24.0 Å². The lowest BCUT2D eigenvalue weighted by atomic mass is 10.1. The molecule has 1 aliphatic heterocycles. The van der Waals surface area contributed by atoms with E-state index in [9.17, 15) is 4.79 Å². The molecule has 2 atom stereocenters. The minimum absolute atomic E-state index is 0. The third kappa shape index (κ3) is 2.82. The Balaban J connectivity index is 0.00000147. The van der Waals surface area contributed by atoms with Crippen molar-refractivity contribution < 1.29 is 4.79 Å². The lowest BCUT2D eigenvalue weighted by Gasteiger charge is -2.36. The summed E-state index contributed by atoms with van der Waals surface area (Å²) in [5, 5.41) is 6.53. The second-order valence-electron chi connectivity index (χ2n) is 5.32. The highest BCUT2D eigenvalue weighted by Crippen LogP contribution is 2.27. The Labute approximate surface area is 129 Å². The Bertz CT molecular complexity index is 603. The van der Waals surface area contributed by atoms with E-state index in [1.165, 1.54) is 4.70 Å². The predicted molar refractivity (Wildman–Crippen MR) is 87.0 cm³/mol. The Morgan fingerprint density at radius 3 is 2.60 bits per heavy atom. The summed E-state index contributed by atoms with van der Waals surface area (Å²) >= 11 is 1.64. The van der Waals surface area contributed by atoms with Crippen molar-refractivity contribution >= 4 is 39.7 Å². The van der Waals surface area contributed by atoms with Gasteiger partial charge in [0.15, 0.2) is 0 Å². The summed E-state index contributed by atoms with van der Waals surface area (Å²) in [6.45, 7) is 5.82. The fourth-order valence-corrected chi connectivity index (χ4v) is 3.74. The van der Waals surface area contributed by atoms with Crippen LogP contribution in [0.4, 0.5) is 0 Å². The molecule has 3 nitrogen and oxygen atoms in total. The van der Waals surface area contributed by atoms with Gasteiger partial charge in [0.2, 0.25) is 0 Å². The maximum atomic E-state index is 12.7. The summed E-state index contributed by atoms with van der Waals surface area (Å²) in [5.41, 5.74) is 0.849. The van der Waals surface area contributed by atoms with E-state index in [4.69, 9.17) is 0 Å². The van der Waals surface area contributed by atoms with Crippen molar-refractivity contribution in [1.29, 1.82) is 0 Å². The molecule has 0 aliphatic carbocycles. The van der Waals surface area contributed by atoms with Crippen molar-refractivity contribution in [1.82, 2.24) is 10.2 Å². The van der Waals surface area contributed by atoms with E-state index in [-0.39, 0.29) is 18.3 Å². The molecule has 1 saturated heterocycles. The van der Waals surface area contributed by atoms with Gasteiger partial charge < -0.3 is 10.2 Å². The van der Waals surface area contributed by atoms with Crippen LogP contribution in [0.1, 0.15) is 24.2 Å². The largest absolute Gasteiger partial charge is 0.336 e. The molecule has 1 aromatic carbocycles. The van der Waals surface area contributed by atoms with Gasteiger partial charge >= 0.3 is 0 Å². The molecule has 3 rings (SSSR count). The molecule has 0 saturated carbocycles. The second kappa shape index (κ2) is 6.12. The van der Waals surface area contributed by atoms with E-state index in [1.807, 2.05) is 28.5 Å². The van der Waals surface area contributed by atoms with E-state index >= 15 is 0 Å². The lowest BCUT2D eigenvalue weighted by molar-refractivity contribution is 0.0676. The average Bonchev–Trinajstić information content (AvgIpc) is 2.80. The smallest absolute Gasteiger partial charge is 0.255 e. The molecule has 1 aromatic heterocycles. The SMILES string of the molecule is CC1CN(C(=O)c2csc3ccccc23)CC(C)N1.Cl. The zero-order valence-electron chi connectivity index (χ0n) is 11.6. The summed E-state index contributed by atoms with van der Waals surface area (Å²) in [7, 11) is 0. The number of carbonyl (C=O) groups excluding carboxylic acids is 1. The third-order valence-corrected chi connectivity index (χ3v) is 4.52. The Kier molecular flexibility index (Phi) is 4.68. The number of halogens is 1. The first-order chi connectivity index (χ1) is 9.15. The molecule has 20 heavy (non-hydrogen) atoms. The number of nitrogens with one attached hydrogen (secondary N) is 1. The molecule has 0 spiro atoms. The van der Waals surface area contributed by atoms with Crippen LogP contribution in [-0.2, 0) is 0 Å². The number of piperazine rings is 1. The van der Waals surface area contributed by atoms with Gasteiger partial charge in [0.1, 0.15) is 0 Å². The highest BCUT2D eigenvalue weighted by atomic mass is 35.5. The Morgan fingerprint density at radius 1 is 1.25 bits per heavy atom. The maximum absolute atomic E-state index is 12.7. The van der Waals surface area contributed by atoms with E-state index in [1.54, 1.807) is 11.3 Å². The number of rotatable bonds is 1. The molecule has 2 heterocycles. The number of amides is 1. The van der Waals surface area contributed by atoms with Crippen molar-refractivity contribution in [3.63, 3.8) is 0 Å². The highest BCUT2D eigenvalue weighted by Gasteiger charge is 2.26. The van der Waals surface area contributed by atoms with Crippen LogP contribution in [0.2, 0.25) is 0 Å². The van der Waals surface area contributed by atoms with Crippen LogP contribution in [0.5, 0.6) is 0 Å². The number of hydrogen-bond donors (Lipinski definition) is 1. The molecule has 0 radical (unpaired) electrons. The summed E-state index contributed by atoms with van der Waals surface area (Å²) < 4.78 is 1.18. The van der Waals surface area contributed by atoms with Gasteiger partial charge in [0.05, 0.1) is 5.56 Å². The zero-order chi connectivity index (χ0) is 13.4. The molecule has 5 heteroatoms. The molecule has 1 N–H and O–H groups in total. The van der Waals surface area contributed by atoms with E-state index in [2.05, 4.69) is 25.2 Å². The van der Waals surface area contributed by atoms with Gasteiger partial charge in [-0.05, 0) is 19.9 Å². The molecule has 1 amide bonds. The summed E-state index contributed by atoms with van der Waals surface area (Å²) in [4.78, 5) is 14.6. The number of hydrogen-bond acceptors (Lipinski definition) is 3. The number of benzene rings is 1. The zero-order valence-corrected chi connectivity index (χ0v) is 13.3. The minimum atomic E-state index is 0. The third-order valence-electron chi connectivity index (χ3n) is 3.56. The molecule has 1 aliphatic rings. The summed E-state index contributed by atoms with van der Waals surface area (Å²) in [5.74, 6) is 0.164. The standard InChI is InChI=1S/C15H18N2OS.ClH/c1-10-7-17(8-11(2)16-10)15(18)13-9-19-14-6-4-3-5-12(13)14;/h3-6,9-11,16H,7-8H2,1-2H3;1H. The number of nitrogens with zero attached hydrogens (tertiary/aromatic N) is 1. The molecule has 2 aromatic rings. The second-order valence-corrected chi connectivity index (χ2v) is 6.24. The Hall–Kier alpha value is -1.10. The monoisotopic (exact) mass is 310 g/mol. The fourth-order valence-electron chi connectivity index (χ4n) is 2.81. The number of thiophene rings is 1. The van der Waals surface area contributed by atoms with Crippen molar-refractivity contribution in [2.45, 2.75) is 25.9 Å². The highest BCUT2D eigenvalue weighted by molar-refractivity contribution is 7.17. The fraction of sp³-hybridized carbons (Fsp3) is 0.400. The van der Waals surface area contributed by atoms with Crippen LogP contribution in [0.25, 0.3) is 10.1 Å². The molecule has 0 bridgehead atoms. The van der Waals surface area contributed by atoms with Gasteiger partial charge in [0, 0.05) is 40.6 Å². The van der Waals surface area contributed by atoms with Crippen LogP contribution in [0, 0.1) is 0 Å². The molecular weight excluding hydrogens is 292 g/mol. The van der Waals surface area contributed by atoms with Gasteiger partial charge in [-0.1, -0.05) is 18.2 Å². The average molecular weight is 311 g/mol. The van der Waals surface area contributed by atoms with Gasteiger partial charge in [-0.3, -0.25) is 4.79 Å². The van der Waals surface area contributed by atoms with Gasteiger partial charge in [-0.2, -0.15) is 0 Å². The van der Waals surface area contributed by atoms with E-state index in [0.29, 0.717) is 12.1 Å². The Morgan fingerprint density at radius 2 is 1.90 bits per heavy atom. The van der Waals surface area contributed by atoms with Crippen LogP contribution < -0.4 is 5.32 Å². The molecule has 1 fully saturated rings. The van der Waals surface area contributed by atoms with Gasteiger partial charge in [0.25, 0.3) is 5.91 Å². The van der Waals surface area contributed by atoms with Crippen molar-refractivity contribution in [3.8, 4) is 0 Å². The quantitative estimate of drug-likeness (QED) is 0.877. The maximum Gasteiger partial charge on any atom is 0.255 e. The minimum Gasteiger partial charge on any atom is -0.336 e. The number of fused-ring (bicyclic) bond motifs is 1. The predicted octanol–water partition coefficient (Wildman–Crippen LogP) is 3.15. The van der Waals surface area contributed by atoms with Crippen LogP contribution >= 0.6 is 23.7 Å². The van der Waals surface area contributed by atoms with Crippen LogP contribution in [0.15, 0.2) is 29.6 Å². The normalized spacial score (nSPS) is 22.6.